The number of methoxy groups -OCH3 is 1. The minimum Gasteiger partial charge on any atom is -0.468 e. The van der Waals surface area contributed by atoms with Gasteiger partial charge in [-0.1, -0.05) is 6.92 Å². The number of H-pyrrole nitrogens is 1. The van der Waals surface area contributed by atoms with Gasteiger partial charge < -0.3 is 9.72 Å². The van der Waals surface area contributed by atoms with Crippen molar-refractivity contribution in [2.24, 2.45) is 0 Å². The Morgan fingerprint density at radius 2 is 2.35 bits per heavy atom. The van der Waals surface area contributed by atoms with Gasteiger partial charge in [0.25, 0.3) is 0 Å². The van der Waals surface area contributed by atoms with Crippen LogP contribution in [0.4, 0.5) is 0 Å². The summed E-state index contributed by atoms with van der Waals surface area (Å²) in [6.07, 6.45) is 3.83. The van der Waals surface area contributed by atoms with E-state index in [0.29, 0.717) is 12.8 Å². The van der Waals surface area contributed by atoms with Crippen molar-refractivity contribution in [3.63, 3.8) is 0 Å². The van der Waals surface area contributed by atoms with E-state index in [0.717, 1.165) is 5.69 Å². The van der Waals surface area contributed by atoms with Gasteiger partial charge in [-0.05, 0) is 0 Å². The quantitative estimate of drug-likeness (QED) is 0.461. The van der Waals surface area contributed by atoms with Crippen LogP contribution in [0.25, 0.3) is 0 Å². The van der Waals surface area contributed by atoms with Gasteiger partial charge in [0.1, 0.15) is 6.04 Å². The van der Waals surface area contributed by atoms with Crippen LogP contribution >= 0.6 is 0 Å². The molecule has 0 aliphatic carbocycles. The monoisotopic (exact) mass is 240 g/mol. The number of nitrogens with zero attached hydrogens (tertiary/aromatic N) is 1. The fourth-order valence-electron chi connectivity index (χ4n) is 1.21. The maximum Gasteiger partial charge on any atom is 0.325 e. The second kappa shape index (κ2) is 6.64. The standard InChI is InChI=1S/C10H16N4O3/c1-3-9(15)14-13-8(10(16)17-2)4-7-5-11-6-12-7/h5-6,8,13H,3-4H2,1-2H3,(H,11,12)(H,14,15)/t8-/m0/s1. The highest BCUT2D eigenvalue weighted by Gasteiger charge is 2.20. The minimum atomic E-state index is -0.643. The molecule has 0 saturated carbocycles. The third-order valence-electron chi connectivity index (χ3n) is 2.17. The van der Waals surface area contributed by atoms with E-state index in [4.69, 9.17) is 0 Å². The number of rotatable bonds is 6. The number of imidazole rings is 1. The van der Waals surface area contributed by atoms with Gasteiger partial charge in [0.2, 0.25) is 5.91 Å². The minimum absolute atomic E-state index is 0.191. The third-order valence-corrected chi connectivity index (χ3v) is 2.17. The number of hydrogen-bond acceptors (Lipinski definition) is 5. The summed E-state index contributed by atoms with van der Waals surface area (Å²) in [5.41, 5.74) is 5.85. The molecule has 0 aliphatic rings. The van der Waals surface area contributed by atoms with Crippen LogP contribution < -0.4 is 10.9 Å². The predicted molar refractivity (Wildman–Crippen MR) is 59.7 cm³/mol. The normalized spacial score (nSPS) is 11.9. The topological polar surface area (TPSA) is 96.1 Å². The zero-order chi connectivity index (χ0) is 12.7. The Labute approximate surface area is 98.9 Å². The molecule has 0 aliphatic heterocycles. The summed E-state index contributed by atoms with van der Waals surface area (Å²) in [6.45, 7) is 1.72. The third kappa shape index (κ3) is 4.23. The van der Waals surface area contributed by atoms with E-state index in [1.807, 2.05) is 0 Å². The van der Waals surface area contributed by atoms with Crippen molar-refractivity contribution in [2.75, 3.05) is 7.11 Å². The first-order valence-electron chi connectivity index (χ1n) is 5.26. The molecule has 0 unspecified atom stereocenters. The molecule has 7 nitrogen and oxygen atoms in total. The predicted octanol–water partition coefficient (Wildman–Crippen LogP) is -0.475. The lowest BCUT2D eigenvalue weighted by Crippen LogP contribution is -2.49. The highest BCUT2D eigenvalue weighted by atomic mass is 16.5. The molecular formula is C10H16N4O3. The van der Waals surface area contributed by atoms with E-state index in [-0.39, 0.29) is 5.91 Å². The molecule has 1 heterocycles. The molecule has 1 aromatic heterocycles. The van der Waals surface area contributed by atoms with E-state index in [9.17, 15) is 9.59 Å². The Balaban J connectivity index is 2.54. The first kappa shape index (κ1) is 13.2. The van der Waals surface area contributed by atoms with E-state index in [2.05, 4.69) is 25.6 Å². The number of ether oxygens (including phenoxy) is 1. The summed E-state index contributed by atoms with van der Waals surface area (Å²) in [4.78, 5) is 29.3. The smallest absolute Gasteiger partial charge is 0.325 e. The van der Waals surface area contributed by atoms with Crippen molar-refractivity contribution in [3.8, 4) is 0 Å². The van der Waals surface area contributed by atoms with Gasteiger partial charge in [0, 0.05) is 24.7 Å². The summed E-state index contributed by atoms with van der Waals surface area (Å²) in [6, 6.07) is -0.643. The number of amides is 1. The lowest BCUT2D eigenvalue weighted by Gasteiger charge is -2.15. The molecule has 17 heavy (non-hydrogen) atoms. The average Bonchev–Trinajstić information content (AvgIpc) is 2.85. The Morgan fingerprint density at radius 3 is 2.88 bits per heavy atom. The van der Waals surface area contributed by atoms with E-state index in [1.54, 1.807) is 13.1 Å². The Hall–Kier alpha value is -1.89. The Kier molecular flexibility index (Phi) is 5.15. The van der Waals surface area contributed by atoms with Gasteiger partial charge in [0.15, 0.2) is 0 Å². The second-order valence-corrected chi connectivity index (χ2v) is 3.40. The fourth-order valence-corrected chi connectivity index (χ4v) is 1.21. The van der Waals surface area contributed by atoms with Gasteiger partial charge in [-0.3, -0.25) is 15.0 Å². The van der Waals surface area contributed by atoms with E-state index >= 15 is 0 Å². The maximum atomic E-state index is 11.5. The largest absolute Gasteiger partial charge is 0.468 e. The lowest BCUT2D eigenvalue weighted by molar-refractivity contribution is -0.143. The molecule has 0 saturated heterocycles. The molecule has 3 N–H and O–H groups in total. The van der Waals surface area contributed by atoms with Crippen LogP contribution in [0.5, 0.6) is 0 Å². The van der Waals surface area contributed by atoms with Crippen molar-refractivity contribution in [3.05, 3.63) is 18.2 Å². The lowest BCUT2D eigenvalue weighted by atomic mass is 10.2. The van der Waals surface area contributed by atoms with E-state index < -0.39 is 12.0 Å². The zero-order valence-corrected chi connectivity index (χ0v) is 9.82. The Bertz CT molecular complexity index is 364. The Morgan fingerprint density at radius 1 is 1.59 bits per heavy atom. The van der Waals surface area contributed by atoms with Gasteiger partial charge in [-0.15, -0.1) is 0 Å². The summed E-state index contributed by atoms with van der Waals surface area (Å²) in [5, 5.41) is 0. The van der Waals surface area contributed by atoms with Crippen LogP contribution in [0.15, 0.2) is 12.5 Å². The first-order chi connectivity index (χ1) is 8.17. The molecule has 1 aromatic rings. The van der Waals surface area contributed by atoms with E-state index in [1.165, 1.54) is 13.4 Å². The molecule has 1 amide bonds. The summed E-state index contributed by atoms with van der Waals surface area (Å²) < 4.78 is 4.64. The van der Waals surface area contributed by atoms with Crippen molar-refractivity contribution in [1.29, 1.82) is 0 Å². The molecule has 0 spiro atoms. The number of aromatic amines is 1. The molecule has 94 valence electrons. The number of hydrazine groups is 1. The molecule has 0 radical (unpaired) electrons. The van der Waals surface area contributed by atoms with Crippen LogP contribution in [0.3, 0.4) is 0 Å². The van der Waals surface area contributed by atoms with Crippen molar-refractivity contribution < 1.29 is 14.3 Å². The molecule has 0 bridgehead atoms. The van der Waals surface area contributed by atoms with Gasteiger partial charge in [-0.25, -0.2) is 10.4 Å². The van der Waals surface area contributed by atoms with Crippen LogP contribution in [0.2, 0.25) is 0 Å². The first-order valence-corrected chi connectivity index (χ1v) is 5.26. The van der Waals surface area contributed by atoms with Crippen molar-refractivity contribution in [2.45, 2.75) is 25.8 Å². The molecule has 1 rings (SSSR count). The number of aromatic nitrogens is 2. The van der Waals surface area contributed by atoms with Crippen LogP contribution in [0.1, 0.15) is 19.0 Å². The number of carbonyl (C=O) groups excluding carboxylic acids is 2. The fraction of sp³-hybridized carbons (Fsp3) is 0.500. The molecular weight excluding hydrogens is 224 g/mol. The van der Waals surface area contributed by atoms with Crippen LogP contribution in [0, 0.1) is 0 Å². The zero-order valence-electron chi connectivity index (χ0n) is 9.82. The van der Waals surface area contributed by atoms with Crippen LogP contribution in [-0.4, -0.2) is 35.0 Å². The van der Waals surface area contributed by atoms with Crippen molar-refractivity contribution >= 4 is 11.9 Å². The summed E-state index contributed by atoms with van der Waals surface area (Å²) in [7, 11) is 1.30. The summed E-state index contributed by atoms with van der Waals surface area (Å²) in [5.74, 6) is -0.639. The van der Waals surface area contributed by atoms with Crippen LogP contribution in [-0.2, 0) is 20.7 Å². The number of carbonyl (C=O) groups is 2. The summed E-state index contributed by atoms with van der Waals surface area (Å²) >= 11 is 0. The second-order valence-electron chi connectivity index (χ2n) is 3.40. The number of esters is 1. The number of nitrogens with one attached hydrogen (secondary N) is 3. The molecule has 0 fully saturated rings. The number of hydrogen-bond donors (Lipinski definition) is 3. The maximum absolute atomic E-state index is 11.5. The van der Waals surface area contributed by atoms with Crippen molar-refractivity contribution in [1.82, 2.24) is 20.8 Å². The molecule has 0 aromatic carbocycles. The average molecular weight is 240 g/mol. The SMILES string of the molecule is CCC(=O)NN[C@@H](Cc1cnc[nH]1)C(=O)OC. The van der Waals surface area contributed by atoms with Gasteiger partial charge in [-0.2, -0.15) is 0 Å². The highest BCUT2D eigenvalue weighted by molar-refractivity contribution is 5.78. The van der Waals surface area contributed by atoms with Gasteiger partial charge in [0.05, 0.1) is 13.4 Å². The molecule has 1 atom stereocenters. The molecule has 7 heteroatoms. The van der Waals surface area contributed by atoms with Gasteiger partial charge >= 0.3 is 5.97 Å². The highest BCUT2D eigenvalue weighted by Crippen LogP contribution is 1.99.